The Bertz CT molecular complexity index is 369. The molecule has 0 bridgehead atoms. The molecule has 0 aromatic rings. The van der Waals surface area contributed by atoms with Crippen LogP contribution in [-0.4, -0.2) is 46.9 Å². The second-order valence-electron chi connectivity index (χ2n) is 5.05. The summed E-state index contributed by atoms with van der Waals surface area (Å²) < 4.78 is 0. The third kappa shape index (κ3) is 3.00. The molecule has 2 heterocycles. The van der Waals surface area contributed by atoms with E-state index in [1.807, 2.05) is 0 Å². The number of carbonyl (C=O) groups is 3. The summed E-state index contributed by atoms with van der Waals surface area (Å²) in [6.07, 6.45) is 2.76. The molecule has 2 amide bonds. The molecule has 0 saturated carbocycles. The Balaban J connectivity index is 1.90. The normalized spacial score (nSPS) is 28.0. The van der Waals surface area contributed by atoms with Crippen LogP contribution < -0.4 is 5.32 Å². The van der Waals surface area contributed by atoms with E-state index in [-0.39, 0.29) is 24.2 Å². The minimum absolute atomic E-state index is 0.0392. The summed E-state index contributed by atoms with van der Waals surface area (Å²) >= 11 is 0. The van der Waals surface area contributed by atoms with Gasteiger partial charge in [0.05, 0.1) is 0 Å². The Labute approximate surface area is 105 Å². The quantitative estimate of drug-likeness (QED) is 0.741. The highest BCUT2D eigenvalue weighted by atomic mass is 16.4. The van der Waals surface area contributed by atoms with Crippen LogP contribution >= 0.6 is 0 Å². The Hall–Kier alpha value is -1.59. The van der Waals surface area contributed by atoms with Crippen LogP contribution in [-0.2, 0) is 14.4 Å². The molecule has 6 nitrogen and oxygen atoms in total. The number of carbonyl (C=O) groups excluding carboxylic acids is 2. The molecule has 0 aliphatic carbocycles. The van der Waals surface area contributed by atoms with Gasteiger partial charge in [-0.2, -0.15) is 0 Å². The first-order valence-corrected chi connectivity index (χ1v) is 6.36. The number of carboxylic acid groups (broad SMARTS) is 1. The summed E-state index contributed by atoms with van der Waals surface area (Å²) in [5.74, 6) is -0.913. The molecule has 2 aliphatic heterocycles. The molecule has 0 aromatic heterocycles. The number of nitrogens with one attached hydrogen (secondary N) is 1. The highest BCUT2D eigenvalue weighted by molar-refractivity contribution is 5.90. The fourth-order valence-corrected chi connectivity index (χ4v) is 2.70. The van der Waals surface area contributed by atoms with Crippen molar-refractivity contribution in [2.24, 2.45) is 5.92 Å². The standard InChI is InChI=1S/C12H18N2O4/c15-10-4-3-9(13-10)12(18)14-5-1-2-8(7-14)6-11(16)17/h8-9H,1-7H2,(H,13,15)(H,16,17)/t8?,9-/m1/s1. The zero-order valence-electron chi connectivity index (χ0n) is 10.2. The summed E-state index contributed by atoms with van der Waals surface area (Å²) in [4.78, 5) is 35.6. The highest BCUT2D eigenvalue weighted by Crippen LogP contribution is 2.21. The molecule has 6 heteroatoms. The maximum Gasteiger partial charge on any atom is 0.303 e. The average molecular weight is 254 g/mol. The summed E-state index contributed by atoms with van der Waals surface area (Å²) in [6, 6.07) is -0.402. The van der Waals surface area contributed by atoms with Gasteiger partial charge >= 0.3 is 5.97 Å². The van der Waals surface area contributed by atoms with E-state index >= 15 is 0 Å². The minimum atomic E-state index is -0.816. The number of carboxylic acids is 1. The molecular formula is C12H18N2O4. The van der Waals surface area contributed by atoms with Gasteiger partial charge in [-0.1, -0.05) is 0 Å². The first kappa shape index (κ1) is 12.9. The fourth-order valence-electron chi connectivity index (χ4n) is 2.70. The van der Waals surface area contributed by atoms with Gasteiger partial charge in [-0.3, -0.25) is 14.4 Å². The number of nitrogens with zero attached hydrogens (tertiary/aromatic N) is 1. The van der Waals surface area contributed by atoms with Crippen LogP contribution in [0.1, 0.15) is 32.1 Å². The molecule has 2 rings (SSSR count). The number of likely N-dealkylation sites (tertiary alicyclic amines) is 1. The molecule has 0 radical (unpaired) electrons. The zero-order chi connectivity index (χ0) is 13.1. The molecular weight excluding hydrogens is 236 g/mol. The predicted molar refractivity (Wildman–Crippen MR) is 62.7 cm³/mol. The number of aliphatic carboxylic acids is 1. The van der Waals surface area contributed by atoms with E-state index in [2.05, 4.69) is 5.32 Å². The molecule has 1 unspecified atom stereocenters. The largest absolute Gasteiger partial charge is 0.481 e. The van der Waals surface area contributed by atoms with E-state index in [0.717, 1.165) is 12.8 Å². The number of rotatable bonds is 3. The van der Waals surface area contributed by atoms with Crippen LogP contribution in [0, 0.1) is 5.92 Å². The van der Waals surface area contributed by atoms with Crippen molar-refractivity contribution in [3.63, 3.8) is 0 Å². The molecule has 2 saturated heterocycles. The smallest absolute Gasteiger partial charge is 0.303 e. The minimum Gasteiger partial charge on any atom is -0.481 e. The van der Waals surface area contributed by atoms with Crippen molar-refractivity contribution in [2.45, 2.75) is 38.1 Å². The Morgan fingerprint density at radius 3 is 2.78 bits per heavy atom. The fraction of sp³-hybridized carbons (Fsp3) is 0.750. The molecule has 2 N–H and O–H groups in total. The molecule has 2 atom stereocenters. The number of amides is 2. The van der Waals surface area contributed by atoms with Crippen molar-refractivity contribution < 1.29 is 19.5 Å². The third-order valence-electron chi connectivity index (χ3n) is 3.59. The van der Waals surface area contributed by atoms with E-state index in [9.17, 15) is 14.4 Å². The van der Waals surface area contributed by atoms with Crippen LogP contribution in [0.25, 0.3) is 0 Å². The molecule has 2 fully saturated rings. The van der Waals surface area contributed by atoms with E-state index < -0.39 is 12.0 Å². The maximum atomic E-state index is 12.1. The Kier molecular flexibility index (Phi) is 3.84. The first-order chi connectivity index (χ1) is 8.56. The van der Waals surface area contributed by atoms with Crippen LogP contribution in [0.5, 0.6) is 0 Å². The van der Waals surface area contributed by atoms with Gasteiger partial charge in [0, 0.05) is 25.9 Å². The first-order valence-electron chi connectivity index (χ1n) is 6.36. The predicted octanol–water partition coefficient (Wildman–Crippen LogP) is -0.0217. The SMILES string of the molecule is O=C(O)CC1CCCN(C(=O)[C@H]2CCC(=O)N2)C1. The summed E-state index contributed by atoms with van der Waals surface area (Å²) in [5.41, 5.74) is 0. The molecule has 0 aromatic carbocycles. The van der Waals surface area contributed by atoms with Gasteiger partial charge in [-0.05, 0) is 25.2 Å². The lowest BCUT2D eigenvalue weighted by molar-refractivity contribution is -0.141. The lowest BCUT2D eigenvalue weighted by Gasteiger charge is -2.33. The second kappa shape index (κ2) is 5.37. The number of hydrogen-bond donors (Lipinski definition) is 2. The van der Waals surface area contributed by atoms with Gasteiger partial charge in [0.15, 0.2) is 0 Å². The van der Waals surface area contributed by atoms with E-state index in [0.29, 0.717) is 25.9 Å². The lowest BCUT2D eigenvalue weighted by atomic mass is 9.94. The van der Waals surface area contributed by atoms with Gasteiger partial charge < -0.3 is 15.3 Å². The van der Waals surface area contributed by atoms with Crippen molar-refractivity contribution >= 4 is 17.8 Å². The topological polar surface area (TPSA) is 86.7 Å². The van der Waals surface area contributed by atoms with Gasteiger partial charge in [0.2, 0.25) is 11.8 Å². The van der Waals surface area contributed by atoms with E-state index in [1.165, 1.54) is 0 Å². The van der Waals surface area contributed by atoms with Gasteiger partial charge in [0.1, 0.15) is 6.04 Å². The second-order valence-corrected chi connectivity index (χ2v) is 5.05. The van der Waals surface area contributed by atoms with Crippen LogP contribution in [0.2, 0.25) is 0 Å². The van der Waals surface area contributed by atoms with Crippen LogP contribution in [0.3, 0.4) is 0 Å². The monoisotopic (exact) mass is 254 g/mol. The highest BCUT2D eigenvalue weighted by Gasteiger charge is 2.33. The zero-order valence-corrected chi connectivity index (χ0v) is 10.2. The molecule has 2 aliphatic rings. The Morgan fingerprint density at radius 1 is 1.39 bits per heavy atom. The summed E-state index contributed by atoms with van der Waals surface area (Å²) in [5, 5.41) is 11.4. The van der Waals surface area contributed by atoms with Crippen molar-refractivity contribution in [2.75, 3.05) is 13.1 Å². The molecule has 100 valence electrons. The van der Waals surface area contributed by atoms with E-state index in [1.54, 1.807) is 4.90 Å². The van der Waals surface area contributed by atoms with E-state index in [4.69, 9.17) is 5.11 Å². The van der Waals surface area contributed by atoms with Crippen molar-refractivity contribution in [1.82, 2.24) is 10.2 Å². The maximum absolute atomic E-state index is 12.1. The molecule has 18 heavy (non-hydrogen) atoms. The molecule has 0 spiro atoms. The third-order valence-corrected chi connectivity index (χ3v) is 3.59. The summed E-state index contributed by atoms with van der Waals surface area (Å²) in [6.45, 7) is 1.17. The van der Waals surface area contributed by atoms with Crippen molar-refractivity contribution in [1.29, 1.82) is 0 Å². The lowest BCUT2D eigenvalue weighted by Crippen LogP contribution is -2.48. The average Bonchev–Trinajstić information content (AvgIpc) is 2.74. The van der Waals surface area contributed by atoms with Gasteiger partial charge in [-0.15, -0.1) is 0 Å². The summed E-state index contributed by atoms with van der Waals surface area (Å²) in [7, 11) is 0. The van der Waals surface area contributed by atoms with Gasteiger partial charge in [0.25, 0.3) is 0 Å². The Morgan fingerprint density at radius 2 is 2.17 bits per heavy atom. The number of piperidine rings is 1. The number of hydrogen-bond acceptors (Lipinski definition) is 3. The van der Waals surface area contributed by atoms with Crippen molar-refractivity contribution in [3.8, 4) is 0 Å². The van der Waals surface area contributed by atoms with Crippen LogP contribution in [0.4, 0.5) is 0 Å². The van der Waals surface area contributed by atoms with Crippen LogP contribution in [0.15, 0.2) is 0 Å². The van der Waals surface area contributed by atoms with Gasteiger partial charge in [-0.25, -0.2) is 0 Å². The van der Waals surface area contributed by atoms with Crippen molar-refractivity contribution in [3.05, 3.63) is 0 Å².